The van der Waals surface area contributed by atoms with Crippen molar-refractivity contribution in [3.8, 4) is 11.8 Å². The first-order chi connectivity index (χ1) is 13.4. The maximum Gasteiger partial charge on any atom is 0.120 e. The van der Waals surface area contributed by atoms with Crippen molar-refractivity contribution >= 4 is 11.3 Å². The fraction of sp³-hybridized carbons (Fsp3) is 0.455. The molecule has 0 bridgehead atoms. The number of hydrogen-bond donors (Lipinski definition) is 2. The maximum absolute atomic E-state index is 9.88. The Hall–Kier alpha value is -2.62. The topological polar surface area (TPSA) is 68.3 Å². The minimum Gasteiger partial charge on any atom is -0.378 e. The molecule has 4 heterocycles. The van der Waals surface area contributed by atoms with Crippen LogP contribution in [0.25, 0.3) is 5.57 Å². The molecule has 0 saturated carbocycles. The van der Waals surface area contributed by atoms with Crippen molar-refractivity contribution in [2.75, 3.05) is 25.0 Å². The third-order valence-corrected chi connectivity index (χ3v) is 5.37. The molecule has 2 aromatic rings. The maximum atomic E-state index is 9.88. The molecular formula is C22H27N5O. The molecule has 4 rings (SSSR count). The number of fused-ring (bicyclic) bond motifs is 1. The molecule has 2 aliphatic heterocycles. The fourth-order valence-corrected chi connectivity index (χ4v) is 3.82. The van der Waals surface area contributed by atoms with Crippen LogP contribution in [-0.4, -0.2) is 57.0 Å². The van der Waals surface area contributed by atoms with E-state index in [9.17, 15) is 5.11 Å². The average molecular weight is 377 g/mol. The predicted molar refractivity (Wildman–Crippen MR) is 111 cm³/mol. The number of nitrogens with zero attached hydrogens (tertiary/aromatic N) is 4. The van der Waals surface area contributed by atoms with Crippen LogP contribution in [-0.2, 0) is 6.42 Å². The highest BCUT2D eigenvalue weighted by molar-refractivity contribution is 5.77. The van der Waals surface area contributed by atoms with Gasteiger partial charge in [-0.05, 0) is 69.9 Å². The fourth-order valence-electron chi connectivity index (χ4n) is 3.82. The Morgan fingerprint density at radius 1 is 1.25 bits per heavy atom. The summed E-state index contributed by atoms with van der Waals surface area (Å²) in [4.78, 5) is 9.34. The van der Waals surface area contributed by atoms with E-state index < -0.39 is 5.60 Å². The van der Waals surface area contributed by atoms with Gasteiger partial charge in [-0.15, -0.1) is 0 Å². The summed E-state index contributed by atoms with van der Waals surface area (Å²) in [6, 6.07) is 2.52. The van der Waals surface area contributed by atoms with E-state index in [1.807, 2.05) is 18.6 Å². The summed E-state index contributed by atoms with van der Waals surface area (Å²) in [6.07, 6.45) is 11.1. The summed E-state index contributed by atoms with van der Waals surface area (Å²) < 4.78 is 0. The Morgan fingerprint density at radius 2 is 2.04 bits per heavy atom. The summed E-state index contributed by atoms with van der Waals surface area (Å²) in [5, 5.41) is 16.9. The van der Waals surface area contributed by atoms with E-state index in [-0.39, 0.29) is 0 Å². The van der Waals surface area contributed by atoms with Gasteiger partial charge in [0.25, 0.3) is 0 Å². The molecule has 0 amide bonds. The van der Waals surface area contributed by atoms with Gasteiger partial charge >= 0.3 is 0 Å². The number of aromatic nitrogens is 3. The Bertz CT molecular complexity index is 922. The van der Waals surface area contributed by atoms with Crippen LogP contribution >= 0.6 is 0 Å². The molecule has 28 heavy (non-hydrogen) atoms. The van der Waals surface area contributed by atoms with Crippen LogP contribution in [0.15, 0.2) is 30.9 Å². The Labute approximate surface area is 166 Å². The summed E-state index contributed by atoms with van der Waals surface area (Å²) in [7, 11) is 2.18. The summed E-state index contributed by atoms with van der Waals surface area (Å²) in [5.41, 5.74) is 4.40. The van der Waals surface area contributed by atoms with Crippen molar-refractivity contribution in [1.29, 1.82) is 0 Å². The van der Waals surface area contributed by atoms with Crippen molar-refractivity contribution in [2.45, 2.75) is 44.8 Å². The van der Waals surface area contributed by atoms with Gasteiger partial charge in [0.15, 0.2) is 0 Å². The lowest BCUT2D eigenvalue weighted by molar-refractivity contribution is 0.143. The van der Waals surface area contributed by atoms with E-state index >= 15 is 0 Å². The van der Waals surface area contributed by atoms with E-state index in [1.54, 1.807) is 13.8 Å². The number of H-pyrrole nitrogens is 1. The molecule has 1 fully saturated rings. The first-order valence-corrected chi connectivity index (χ1v) is 9.80. The number of nitrogens with one attached hydrogen (secondary N) is 1. The minimum absolute atomic E-state index is 0.465. The van der Waals surface area contributed by atoms with Crippen molar-refractivity contribution in [2.24, 2.45) is 0 Å². The molecule has 2 aliphatic rings. The second-order valence-corrected chi connectivity index (χ2v) is 8.27. The first kappa shape index (κ1) is 18.7. The first-order valence-electron chi connectivity index (χ1n) is 9.80. The van der Waals surface area contributed by atoms with Crippen LogP contribution in [0.3, 0.4) is 0 Å². The second kappa shape index (κ2) is 7.42. The quantitative estimate of drug-likeness (QED) is 0.787. The van der Waals surface area contributed by atoms with Gasteiger partial charge in [0, 0.05) is 30.4 Å². The third kappa shape index (κ3) is 4.11. The normalized spacial score (nSPS) is 18.3. The van der Waals surface area contributed by atoms with Crippen molar-refractivity contribution in [3.05, 3.63) is 47.7 Å². The molecule has 0 atom stereocenters. The monoisotopic (exact) mass is 377 g/mol. The number of rotatable bonds is 2. The van der Waals surface area contributed by atoms with Gasteiger partial charge in [0.05, 0.1) is 18.1 Å². The summed E-state index contributed by atoms with van der Waals surface area (Å²) in [5.74, 6) is 5.87. The van der Waals surface area contributed by atoms with Crippen LogP contribution < -0.4 is 4.90 Å². The van der Waals surface area contributed by atoms with Crippen molar-refractivity contribution in [1.82, 2.24) is 20.1 Å². The number of hydrogen-bond acceptors (Lipinski definition) is 5. The highest BCUT2D eigenvalue weighted by Gasteiger charge is 2.28. The number of likely N-dealkylation sites (tertiary alicyclic amines) is 1. The molecule has 146 valence electrons. The second-order valence-electron chi connectivity index (χ2n) is 8.27. The van der Waals surface area contributed by atoms with Crippen molar-refractivity contribution in [3.63, 3.8) is 0 Å². The number of piperidine rings is 1. The average Bonchev–Trinajstić information content (AvgIpc) is 3.20. The Morgan fingerprint density at radius 3 is 2.71 bits per heavy atom. The predicted octanol–water partition coefficient (Wildman–Crippen LogP) is 2.42. The largest absolute Gasteiger partial charge is 0.378 e. The zero-order valence-corrected chi connectivity index (χ0v) is 16.7. The lowest BCUT2D eigenvalue weighted by Gasteiger charge is -2.39. The Balaban J connectivity index is 1.70. The number of aliphatic hydroxyl groups is 1. The number of aromatic amines is 1. The molecule has 1 saturated heterocycles. The molecule has 0 aliphatic carbocycles. The zero-order valence-electron chi connectivity index (χ0n) is 16.7. The zero-order chi connectivity index (χ0) is 19.7. The number of allylic oxidation sites excluding steroid dienone is 1. The van der Waals surface area contributed by atoms with Crippen LogP contribution in [0.2, 0.25) is 0 Å². The van der Waals surface area contributed by atoms with Gasteiger partial charge in [0.2, 0.25) is 0 Å². The molecule has 6 heteroatoms. The molecular weight excluding hydrogens is 350 g/mol. The summed E-state index contributed by atoms with van der Waals surface area (Å²) >= 11 is 0. The number of pyridine rings is 1. The Kier molecular flexibility index (Phi) is 4.96. The van der Waals surface area contributed by atoms with Crippen LogP contribution in [0.5, 0.6) is 0 Å². The lowest BCUT2D eigenvalue weighted by atomic mass is 9.93. The molecule has 2 N–H and O–H groups in total. The van der Waals surface area contributed by atoms with Crippen molar-refractivity contribution < 1.29 is 5.11 Å². The lowest BCUT2D eigenvalue weighted by Crippen LogP contribution is -2.42. The van der Waals surface area contributed by atoms with E-state index in [1.165, 1.54) is 11.1 Å². The van der Waals surface area contributed by atoms with Gasteiger partial charge in [-0.3, -0.25) is 5.10 Å². The molecule has 0 unspecified atom stereocenters. The molecule has 0 spiro atoms. The van der Waals surface area contributed by atoms with Gasteiger partial charge in [0.1, 0.15) is 11.3 Å². The van der Waals surface area contributed by atoms with Gasteiger partial charge in [-0.1, -0.05) is 5.92 Å². The van der Waals surface area contributed by atoms with Gasteiger partial charge < -0.3 is 14.9 Å². The van der Waals surface area contributed by atoms with Gasteiger partial charge in [-0.25, -0.2) is 4.98 Å². The highest BCUT2D eigenvalue weighted by Crippen LogP contribution is 2.36. The van der Waals surface area contributed by atoms with E-state index in [2.05, 4.69) is 56.1 Å². The molecule has 2 aromatic heterocycles. The smallest absolute Gasteiger partial charge is 0.120 e. The van der Waals surface area contributed by atoms with Gasteiger partial charge in [-0.2, -0.15) is 5.10 Å². The van der Waals surface area contributed by atoms with E-state index in [0.29, 0.717) is 11.7 Å². The van der Waals surface area contributed by atoms with E-state index in [4.69, 9.17) is 0 Å². The SMILES string of the molecule is CN1CCC(N2C=C(c3cn[nH]c3)Cc3cc(C#CC(C)(C)O)ncc32)CC1. The van der Waals surface area contributed by atoms with Crippen LogP contribution in [0, 0.1) is 11.8 Å². The molecule has 0 radical (unpaired) electrons. The van der Waals surface area contributed by atoms with E-state index in [0.717, 1.165) is 43.6 Å². The highest BCUT2D eigenvalue weighted by atomic mass is 16.3. The summed E-state index contributed by atoms with van der Waals surface area (Å²) in [6.45, 7) is 5.57. The third-order valence-electron chi connectivity index (χ3n) is 5.37. The minimum atomic E-state index is -1.03. The standard InChI is InChI=1S/C22H27N5O/c1-22(2,28)7-4-19-11-16-10-17(18-12-24-25-13-18)15-27(21(16)14-23-19)20-5-8-26(3)9-6-20/h11-15,20,28H,5-6,8-10H2,1-3H3,(H,24,25). The molecule has 0 aromatic carbocycles. The number of anilines is 1. The molecule has 6 nitrogen and oxygen atoms in total. The van der Waals surface area contributed by atoms with Crippen LogP contribution in [0.4, 0.5) is 5.69 Å². The van der Waals surface area contributed by atoms with Crippen LogP contribution in [0.1, 0.15) is 43.5 Å².